The fourth-order valence-electron chi connectivity index (χ4n) is 1.14. The number of fused-ring (bicyclic) bond motifs is 1. The molecular formula is C9H5Br3N2O2. The molecule has 0 spiro atoms. The van der Waals surface area contributed by atoms with E-state index in [1.807, 2.05) is 0 Å². The second-order valence-corrected chi connectivity index (χ2v) is 4.32. The molecule has 0 saturated heterocycles. The summed E-state index contributed by atoms with van der Waals surface area (Å²) < 4.78 is 1.15. The van der Waals surface area contributed by atoms with Crippen LogP contribution in [0, 0.1) is 0 Å². The van der Waals surface area contributed by atoms with Crippen LogP contribution >= 0.6 is 48.8 Å². The van der Waals surface area contributed by atoms with E-state index in [9.17, 15) is 4.79 Å². The zero-order valence-corrected chi connectivity index (χ0v) is 12.5. The van der Waals surface area contributed by atoms with Gasteiger partial charge in [-0.05, 0) is 50.1 Å². The molecule has 0 aliphatic carbocycles. The Kier molecular flexibility index (Phi) is 4.40. The number of carboxylic acid groups (broad SMARTS) is 1. The molecule has 1 aromatic carbocycles. The molecule has 2 aromatic rings. The standard InChI is InChI=1S/C9H4Br2N2O2.BrH/c10-7-8(11)13-6-3-4(9(14)15)1-2-5(6)12-7;/h1-3H,(H,14,15);1H. The lowest BCUT2D eigenvalue weighted by atomic mass is 10.2. The summed E-state index contributed by atoms with van der Waals surface area (Å²) in [4.78, 5) is 19.1. The monoisotopic (exact) mass is 410 g/mol. The van der Waals surface area contributed by atoms with Crippen molar-refractivity contribution < 1.29 is 9.90 Å². The van der Waals surface area contributed by atoms with Crippen LogP contribution in [-0.2, 0) is 0 Å². The Morgan fingerprint density at radius 1 is 1.12 bits per heavy atom. The lowest BCUT2D eigenvalue weighted by molar-refractivity contribution is 0.0697. The predicted octanol–water partition coefficient (Wildman–Crippen LogP) is 3.43. The van der Waals surface area contributed by atoms with Crippen LogP contribution in [-0.4, -0.2) is 21.0 Å². The van der Waals surface area contributed by atoms with Gasteiger partial charge in [0.05, 0.1) is 16.6 Å². The van der Waals surface area contributed by atoms with Gasteiger partial charge in [0.15, 0.2) is 0 Å². The minimum absolute atomic E-state index is 0. The van der Waals surface area contributed by atoms with E-state index < -0.39 is 5.97 Å². The topological polar surface area (TPSA) is 63.1 Å². The largest absolute Gasteiger partial charge is 0.478 e. The van der Waals surface area contributed by atoms with E-state index in [4.69, 9.17) is 5.11 Å². The van der Waals surface area contributed by atoms with Crippen molar-refractivity contribution in [1.82, 2.24) is 9.97 Å². The minimum Gasteiger partial charge on any atom is -0.478 e. The highest BCUT2D eigenvalue weighted by atomic mass is 79.9. The van der Waals surface area contributed by atoms with Crippen molar-refractivity contribution >= 4 is 65.8 Å². The Bertz CT molecular complexity index is 560. The zero-order valence-electron chi connectivity index (χ0n) is 7.65. The van der Waals surface area contributed by atoms with Gasteiger partial charge in [-0.1, -0.05) is 0 Å². The van der Waals surface area contributed by atoms with E-state index in [1.54, 1.807) is 6.07 Å². The zero-order chi connectivity index (χ0) is 11.0. The van der Waals surface area contributed by atoms with Gasteiger partial charge in [-0.2, -0.15) is 0 Å². The van der Waals surface area contributed by atoms with E-state index in [2.05, 4.69) is 41.8 Å². The number of aromatic carboxylic acids is 1. The first-order valence-electron chi connectivity index (χ1n) is 3.94. The van der Waals surface area contributed by atoms with Crippen molar-refractivity contribution in [3.8, 4) is 0 Å². The highest BCUT2D eigenvalue weighted by molar-refractivity contribution is 9.13. The van der Waals surface area contributed by atoms with E-state index in [1.165, 1.54) is 12.1 Å². The molecule has 1 heterocycles. The molecule has 0 unspecified atom stereocenters. The number of rotatable bonds is 1. The van der Waals surface area contributed by atoms with Crippen molar-refractivity contribution in [3.63, 3.8) is 0 Å². The Balaban J connectivity index is 0.00000128. The Labute approximate surface area is 118 Å². The molecule has 0 amide bonds. The van der Waals surface area contributed by atoms with Gasteiger partial charge in [-0.15, -0.1) is 17.0 Å². The molecule has 0 bridgehead atoms. The number of carbonyl (C=O) groups is 1. The van der Waals surface area contributed by atoms with Crippen LogP contribution in [0.1, 0.15) is 10.4 Å². The molecule has 7 heteroatoms. The van der Waals surface area contributed by atoms with Crippen molar-refractivity contribution in [2.45, 2.75) is 0 Å². The summed E-state index contributed by atoms with van der Waals surface area (Å²) in [6.45, 7) is 0. The first-order chi connectivity index (χ1) is 7.08. The summed E-state index contributed by atoms with van der Waals surface area (Å²) in [6, 6.07) is 4.62. The Hall–Kier alpha value is -0.530. The van der Waals surface area contributed by atoms with Gasteiger partial charge in [0.2, 0.25) is 0 Å². The van der Waals surface area contributed by atoms with Gasteiger partial charge in [0.25, 0.3) is 0 Å². The van der Waals surface area contributed by atoms with Crippen LogP contribution in [0.4, 0.5) is 0 Å². The summed E-state index contributed by atoms with van der Waals surface area (Å²) in [6.07, 6.45) is 0. The molecule has 0 atom stereocenters. The normalized spacial score (nSPS) is 9.88. The number of hydrogen-bond donors (Lipinski definition) is 1. The van der Waals surface area contributed by atoms with Gasteiger partial charge in [-0.3, -0.25) is 0 Å². The summed E-state index contributed by atoms with van der Waals surface area (Å²) in [5, 5.41) is 8.80. The second-order valence-electron chi connectivity index (χ2n) is 2.81. The number of carboxylic acids is 1. The average molecular weight is 413 g/mol. The SMILES string of the molecule is Br.O=C(O)c1ccc2nc(Br)c(Br)nc2c1. The highest BCUT2D eigenvalue weighted by Crippen LogP contribution is 2.22. The summed E-state index contributed by atoms with van der Waals surface area (Å²) in [5.41, 5.74) is 1.39. The van der Waals surface area contributed by atoms with Crippen LogP contribution in [0.2, 0.25) is 0 Å². The van der Waals surface area contributed by atoms with E-state index >= 15 is 0 Å². The van der Waals surface area contributed by atoms with Crippen molar-refractivity contribution in [3.05, 3.63) is 33.0 Å². The van der Waals surface area contributed by atoms with Gasteiger partial charge in [0.1, 0.15) is 9.21 Å². The van der Waals surface area contributed by atoms with E-state index in [0.717, 1.165) is 0 Å². The lowest BCUT2D eigenvalue weighted by Crippen LogP contribution is -1.97. The van der Waals surface area contributed by atoms with E-state index in [-0.39, 0.29) is 22.5 Å². The molecule has 1 N–H and O–H groups in total. The number of hydrogen-bond acceptors (Lipinski definition) is 3. The third kappa shape index (κ3) is 2.58. The van der Waals surface area contributed by atoms with Crippen LogP contribution in [0.15, 0.2) is 27.4 Å². The molecule has 2 rings (SSSR count). The molecular weight excluding hydrogens is 408 g/mol. The van der Waals surface area contributed by atoms with Crippen LogP contribution < -0.4 is 0 Å². The molecule has 0 fully saturated rings. The maximum atomic E-state index is 10.7. The lowest BCUT2D eigenvalue weighted by Gasteiger charge is -2.00. The maximum Gasteiger partial charge on any atom is 0.335 e. The van der Waals surface area contributed by atoms with Crippen LogP contribution in [0.3, 0.4) is 0 Å². The molecule has 0 radical (unpaired) electrons. The molecule has 84 valence electrons. The summed E-state index contributed by atoms with van der Waals surface area (Å²) in [5.74, 6) is -0.974. The van der Waals surface area contributed by atoms with Crippen LogP contribution in [0.25, 0.3) is 11.0 Å². The van der Waals surface area contributed by atoms with Crippen LogP contribution in [0.5, 0.6) is 0 Å². The molecule has 4 nitrogen and oxygen atoms in total. The molecule has 1 aromatic heterocycles. The first kappa shape index (κ1) is 13.5. The van der Waals surface area contributed by atoms with Gasteiger partial charge in [-0.25, -0.2) is 14.8 Å². The Morgan fingerprint density at radius 3 is 2.25 bits per heavy atom. The minimum atomic E-state index is -0.974. The van der Waals surface area contributed by atoms with Gasteiger partial charge >= 0.3 is 5.97 Å². The average Bonchev–Trinajstić information content (AvgIpc) is 2.19. The maximum absolute atomic E-state index is 10.7. The Morgan fingerprint density at radius 2 is 1.69 bits per heavy atom. The van der Waals surface area contributed by atoms with Crippen molar-refractivity contribution in [1.29, 1.82) is 0 Å². The fourth-order valence-corrected chi connectivity index (χ4v) is 1.70. The highest BCUT2D eigenvalue weighted by Gasteiger charge is 2.07. The third-order valence-corrected chi connectivity index (χ3v) is 3.47. The molecule has 0 saturated carbocycles. The van der Waals surface area contributed by atoms with Gasteiger partial charge in [0, 0.05) is 0 Å². The van der Waals surface area contributed by atoms with E-state index in [0.29, 0.717) is 20.2 Å². The quantitative estimate of drug-likeness (QED) is 0.779. The predicted molar refractivity (Wildman–Crippen MR) is 72.2 cm³/mol. The number of aromatic nitrogens is 2. The third-order valence-electron chi connectivity index (χ3n) is 1.83. The molecule has 0 aliphatic heterocycles. The number of nitrogens with zero attached hydrogens (tertiary/aromatic N) is 2. The molecule has 16 heavy (non-hydrogen) atoms. The smallest absolute Gasteiger partial charge is 0.335 e. The first-order valence-corrected chi connectivity index (χ1v) is 5.52. The fraction of sp³-hybridized carbons (Fsp3) is 0. The van der Waals surface area contributed by atoms with Gasteiger partial charge < -0.3 is 5.11 Å². The molecule has 0 aliphatic rings. The number of benzene rings is 1. The summed E-state index contributed by atoms with van der Waals surface area (Å²) in [7, 11) is 0. The number of halogens is 3. The van der Waals surface area contributed by atoms with Crippen molar-refractivity contribution in [2.24, 2.45) is 0 Å². The second kappa shape index (κ2) is 5.20. The summed E-state index contributed by atoms with van der Waals surface area (Å²) >= 11 is 6.44. The van der Waals surface area contributed by atoms with Crippen molar-refractivity contribution in [2.75, 3.05) is 0 Å².